The molecule has 0 spiro atoms. The fraction of sp³-hybridized carbons (Fsp3) is 0. The quantitative estimate of drug-likeness (QED) is 0.194. The maximum absolute atomic E-state index is 6.67. The molecule has 10 rings (SSSR count). The summed E-state index contributed by atoms with van der Waals surface area (Å²) in [6, 6.07) is 55.4. The molecular formula is C44H26N2OS. The van der Waals surface area contributed by atoms with Gasteiger partial charge in [0, 0.05) is 37.5 Å². The highest BCUT2D eigenvalue weighted by Gasteiger charge is 2.21. The second-order valence-corrected chi connectivity index (χ2v) is 13.2. The largest absolute Gasteiger partial charge is 0.455 e. The number of benzene rings is 7. The first-order chi connectivity index (χ1) is 23.8. The third-order valence-corrected chi connectivity index (χ3v) is 10.5. The molecule has 48 heavy (non-hydrogen) atoms. The number of hydrogen-bond acceptors (Lipinski definition) is 4. The van der Waals surface area contributed by atoms with Gasteiger partial charge in [0.05, 0.1) is 15.9 Å². The molecule has 10 aromatic rings. The van der Waals surface area contributed by atoms with Crippen molar-refractivity contribution in [3.63, 3.8) is 0 Å². The summed E-state index contributed by atoms with van der Waals surface area (Å²) in [5.41, 5.74) is 10.2. The van der Waals surface area contributed by atoms with Crippen LogP contribution in [0.3, 0.4) is 0 Å². The summed E-state index contributed by atoms with van der Waals surface area (Å²) < 4.78 is 8.97. The fourth-order valence-corrected chi connectivity index (χ4v) is 8.13. The van der Waals surface area contributed by atoms with Crippen molar-refractivity contribution in [1.29, 1.82) is 0 Å². The van der Waals surface area contributed by atoms with Crippen LogP contribution in [-0.4, -0.2) is 9.97 Å². The Bertz CT molecular complexity index is 2830. The van der Waals surface area contributed by atoms with E-state index in [1.807, 2.05) is 18.2 Å². The Morgan fingerprint density at radius 3 is 2.06 bits per heavy atom. The number of nitrogens with zero attached hydrogens (tertiary/aromatic N) is 2. The minimum Gasteiger partial charge on any atom is -0.455 e. The van der Waals surface area contributed by atoms with Crippen molar-refractivity contribution in [2.24, 2.45) is 0 Å². The van der Waals surface area contributed by atoms with Crippen molar-refractivity contribution in [2.45, 2.75) is 0 Å². The molecule has 224 valence electrons. The van der Waals surface area contributed by atoms with E-state index in [2.05, 4.69) is 140 Å². The van der Waals surface area contributed by atoms with Crippen molar-refractivity contribution in [1.82, 2.24) is 9.97 Å². The highest BCUT2D eigenvalue weighted by atomic mass is 32.1. The van der Waals surface area contributed by atoms with Gasteiger partial charge in [0.2, 0.25) is 0 Å². The van der Waals surface area contributed by atoms with E-state index in [1.54, 1.807) is 11.3 Å². The molecule has 0 N–H and O–H groups in total. The van der Waals surface area contributed by atoms with Crippen LogP contribution in [0.25, 0.3) is 97.9 Å². The lowest BCUT2D eigenvalue weighted by Crippen LogP contribution is -1.94. The number of aromatic nitrogens is 2. The van der Waals surface area contributed by atoms with Crippen molar-refractivity contribution in [3.05, 3.63) is 158 Å². The predicted molar refractivity (Wildman–Crippen MR) is 201 cm³/mol. The van der Waals surface area contributed by atoms with E-state index < -0.39 is 0 Å². The lowest BCUT2D eigenvalue weighted by Gasteiger charge is -2.09. The van der Waals surface area contributed by atoms with Gasteiger partial charge in [-0.25, -0.2) is 9.97 Å². The number of hydrogen-bond donors (Lipinski definition) is 0. The Kier molecular flexibility index (Phi) is 6.05. The van der Waals surface area contributed by atoms with E-state index >= 15 is 0 Å². The van der Waals surface area contributed by atoms with Crippen LogP contribution in [0.15, 0.2) is 162 Å². The van der Waals surface area contributed by atoms with Crippen LogP contribution in [0.4, 0.5) is 0 Å². The Balaban J connectivity index is 1.19. The molecule has 3 nitrogen and oxygen atoms in total. The standard InChI is InChI=1S/C44H26N2OS/c1-2-10-27(11-3-1)29-20-23-30(24-21-29)33-15-8-16-35-39-36(17-9-18-37(39)47-42(33)35)44-45-40(32-25-22-28-12-4-5-13-31(28)26-32)43-41(46-44)34-14-6-7-19-38(34)48-43/h1-26H. The van der Waals surface area contributed by atoms with E-state index in [0.717, 1.165) is 65.5 Å². The molecule has 7 aromatic carbocycles. The molecule has 0 unspecified atom stereocenters. The molecule has 0 saturated carbocycles. The zero-order valence-corrected chi connectivity index (χ0v) is 26.5. The van der Waals surface area contributed by atoms with Crippen LogP contribution in [0, 0.1) is 0 Å². The van der Waals surface area contributed by atoms with Gasteiger partial charge in [0.15, 0.2) is 5.82 Å². The number of rotatable bonds is 4. The summed E-state index contributed by atoms with van der Waals surface area (Å²) in [7, 11) is 0. The Morgan fingerprint density at radius 2 is 1.17 bits per heavy atom. The summed E-state index contributed by atoms with van der Waals surface area (Å²) in [6.45, 7) is 0. The SMILES string of the molecule is c1ccc(-c2ccc(-c3cccc4c3oc3cccc(-c5nc(-c6ccc7ccccc7c6)c6sc7ccccc7c6n5)c34)cc2)cc1. The molecule has 0 radical (unpaired) electrons. The summed E-state index contributed by atoms with van der Waals surface area (Å²) in [5.74, 6) is 0.695. The van der Waals surface area contributed by atoms with Crippen LogP contribution < -0.4 is 0 Å². The predicted octanol–water partition coefficient (Wildman–Crippen LogP) is 12.6. The van der Waals surface area contributed by atoms with Gasteiger partial charge in [-0.05, 0) is 45.7 Å². The maximum Gasteiger partial charge on any atom is 0.161 e. The smallest absolute Gasteiger partial charge is 0.161 e. The Hall–Kier alpha value is -6.10. The highest BCUT2D eigenvalue weighted by Crippen LogP contribution is 2.43. The average Bonchev–Trinajstić information content (AvgIpc) is 3.73. The lowest BCUT2D eigenvalue weighted by atomic mass is 9.98. The molecule has 4 heteroatoms. The van der Waals surface area contributed by atoms with Gasteiger partial charge in [0.25, 0.3) is 0 Å². The Morgan fingerprint density at radius 1 is 0.479 bits per heavy atom. The molecule has 0 amide bonds. The van der Waals surface area contributed by atoms with Crippen LogP contribution >= 0.6 is 11.3 Å². The molecule has 3 heterocycles. The first kappa shape index (κ1) is 27.1. The number of fused-ring (bicyclic) bond motifs is 7. The van der Waals surface area contributed by atoms with E-state index in [4.69, 9.17) is 14.4 Å². The normalized spacial score (nSPS) is 11.8. The van der Waals surface area contributed by atoms with Crippen molar-refractivity contribution in [3.8, 4) is 44.9 Å². The Labute approximate surface area is 280 Å². The lowest BCUT2D eigenvalue weighted by molar-refractivity contribution is 0.670. The van der Waals surface area contributed by atoms with Gasteiger partial charge in [-0.1, -0.05) is 140 Å². The molecule has 0 atom stereocenters. The molecule has 3 aromatic heterocycles. The van der Waals surface area contributed by atoms with Crippen molar-refractivity contribution in [2.75, 3.05) is 0 Å². The van der Waals surface area contributed by atoms with Crippen LogP contribution in [0.2, 0.25) is 0 Å². The van der Waals surface area contributed by atoms with Crippen molar-refractivity contribution >= 4 is 64.4 Å². The van der Waals surface area contributed by atoms with Crippen LogP contribution in [0.5, 0.6) is 0 Å². The molecule has 0 aliphatic heterocycles. The van der Waals surface area contributed by atoms with E-state index in [-0.39, 0.29) is 0 Å². The second-order valence-electron chi connectivity index (χ2n) is 12.1. The van der Waals surface area contributed by atoms with E-state index in [0.29, 0.717) is 5.82 Å². The number of para-hydroxylation sites is 1. The number of thiophene rings is 1. The topological polar surface area (TPSA) is 38.9 Å². The fourth-order valence-electron chi connectivity index (χ4n) is 6.98. The summed E-state index contributed by atoms with van der Waals surface area (Å²) >= 11 is 1.76. The number of furan rings is 1. The minimum absolute atomic E-state index is 0.695. The second kappa shape index (κ2) is 10.7. The summed E-state index contributed by atoms with van der Waals surface area (Å²) in [6.07, 6.45) is 0. The zero-order chi connectivity index (χ0) is 31.6. The molecule has 0 aliphatic carbocycles. The van der Waals surface area contributed by atoms with Gasteiger partial charge in [0.1, 0.15) is 11.2 Å². The van der Waals surface area contributed by atoms with Gasteiger partial charge < -0.3 is 4.42 Å². The van der Waals surface area contributed by atoms with E-state index in [9.17, 15) is 0 Å². The average molecular weight is 631 g/mol. The molecular weight excluding hydrogens is 605 g/mol. The third-order valence-electron chi connectivity index (χ3n) is 9.31. The molecule has 0 saturated heterocycles. The summed E-state index contributed by atoms with van der Waals surface area (Å²) in [4.78, 5) is 10.7. The zero-order valence-electron chi connectivity index (χ0n) is 25.7. The first-order valence-corrected chi connectivity index (χ1v) is 16.9. The monoisotopic (exact) mass is 630 g/mol. The molecule has 0 bridgehead atoms. The maximum atomic E-state index is 6.67. The van der Waals surface area contributed by atoms with Crippen LogP contribution in [0.1, 0.15) is 0 Å². The minimum atomic E-state index is 0.695. The third kappa shape index (κ3) is 4.27. The van der Waals surface area contributed by atoms with E-state index in [1.165, 1.54) is 26.6 Å². The summed E-state index contributed by atoms with van der Waals surface area (Å²) in [5, 5.41) is 5.63. The van der Waals surface area contributed by atoms with Gasteiger partial charge in [-0.3, -0.25) is 0 Å². The van der Waals surface area contributed by atoms with Gasteiger partial charge in [-0.15, -0.1) is 11.3 Å². The van der Waals surface area contributed by atoms with Gasteiger partial charge in [-0.2, -0.15) is 0 Å². The van der Waals surface area contributed by atoms with Gasteiger partial charge >= 0.3 is 0 Å². The molecule has 0 aliphatic rings. The van der Waals surface area contributed by atoms with Crippen LogP contribution in [-0.2, 0) is 0 Å². The molecule has 0 fully saturated rings. The highest BCUT2D eigenvalue weighted by molar-refractivity contribution is 7.26. The van der Waals surface area contributed by atoms with Crippen molar-refractivity contribution < 1.29 is 4.42 Å². The first-order valence-electron chi connectivity index (χ1n) is 16.1.